The molecule has 0 aromatic heterocycles. The minimum Gasteiger partial charge on any atom is -0.481 e. The van der Waals surface area contributed by atoms with Crippen molar-refractivity contribution in [3.63, 3.8) is 0 Å². The summed E-state index contributed by atoms with van der Waals surface area (Å²) in [5.74, 6) is 0.0479. The highest BCUT2D eigenvalue weighted by atomic mass is 19.1. The standard InChI is InChI=1S/C16H25FN2O2/c1-5-6-9-19-16(20)12(3)21-15-8-7-13(17)10-14(15)11(2)18-4/h7-8,10-12,18H,5-6,9H2,1-4H3,(H,19,20). The lowest BCUT2D eigenvalue weighted by molar-refractivity contribution is -0.127. The molecule has 0 saturated heterocycles. The first-order valence-corrected chi connectivity index (χ1v) is 7.40. The highest BCUT2D eigenvalue weighted by Gasteiger charge is 2.18. The first-order valence-electron chi connectivity index (χ1n) is 7.40. The van der Waals surface area contributed by atoms with Gasteiger partial charge in [-0.15, -0.1) is 0 Å². The van der Waals surface area contributed by atoms with Gasteiger partial charge in [-0.1, -0.05) is 13.3 Å². The molecule has 5 heteroatoms. The summed E-state index contributed by atoms with van der Waals surface area (Å²) in [7, 11) is 1.79. The topological polar surface area (TPSA) is 50.4 Å². The van der Waals surface area contributed by atoms with Crippen LogP contribution in [0.1, 0.15) is 45.2 Å². The number of amides is 1. The van der Waals surface area contributed by atoms with Crippen molar-refractivity contribution >= 4 is 5.91 Å². The molecule has 21 heavy (non-hydrogen) atoms. The van der Waals surface area contributed by atoms with Crippen LogP contribution in [0.5, 0.6) is 5.75 Å². The highest BCUT2D eigenvalue weighted by molar-refractivity contribution is 5.80. The van der Waals surface area contributed by atoms with Gasteiger partial charge in [0, 0.05) is 18.2 Å². The average molecular weight is 296 g/mol. The van der Waals surface area contributed by atoms with Gasteiger partial charge in [-0.05, 0) is 45.5 Å². The van der Waals surface area contributed by atoms with E-state index in [0.717, 1.165) is 12.8 Å². The first kappa shape index (κ1) is 17.4. The zero-order valence-electron chi connectivity index (χ0n) is 13.2. The molecule has 0 radical (unpaired) electrons. The van der Waals surface area contributed by atoms with Crippen molar-refractivity contribution in [2.45, 2.75) is 45.8 Å². The van der Waals surface area contributed by atoms with Crippen LogP contribution in [-0.4, -0.2) is 25.6 Å². The lowest BCUT2D eigenvalue weighted by atomic mass is 10.1. The third kappa shape index (κ3) is 5.34. The van der Waals surface area contributed by atoms with E-state index in [2.05, 4.69) is 17.6 Å². The van der Waals surface area contributed by atoms with Gasteiger partial charge in [-0.2, -0.15) is 0 Å². The van der Waals surface area contributed by atoms with E-state index in [4.69, 9.17) is 4.74 Å². The van der Waals surface area contributed by atoms with Gasteiger partial charge in [-0.3, -0.25) is 4.79 Å². The van der Waals surface area contributed by atoms with E-state index < -0.39 is 6.10 Å². The smallest absolute Gasteiger partial charge is 0.260 e. The van der Waals surface area contributed by atoms with Gasteiger partial charge in [0.2, 0.25) is 0 Å². The number of carbonyl (C=O) groups excluding carboxylic acids is 1. The maximum Gasteiger partial charge on any atom is 0.260 e. The Morgan fingerprint density at radius 2 is 2.10 bits per heavy atom. The highest BCUT2D eigenvalue weighted by Crippen LogP contribution is 2.26. The number of ether oxygens (including phenoxy) is 1. The van der Waals surface area contributed by atoms with E-state index in [0.29, 0.717) is 17.9 Å². The molecule has 0 saturated carbocycles. The van der Waals surface area contributed by atoms with E-state index in [1.807, 2.05) is 6.92 Å². The fourth-order valence-electron chi connectivity index (χ4n) is 1.90. The predicted octanol–water partition coefficient (Wildman–Crippen LogP) is 2.79. The van der Waals surface area contributed by atoms with Crippen LogP contribution in [0.4, 0.5) is 4.39 Å². The molecule has 0 spiro atoms. The van der Waals surface area contributed by atoms with Crippen molar-refractivity contribution in [1.82, 2.24) is 10.6 Å². The molecule has 2 N–H and O–H groups in total. The number of halogens is 1. The number of nitrogens with one attached hydrogen (secondary N) is 2. The molecule has 1 aromatic rings. The third-order valence-electron chi connectivity index (χ3n) is 3.37. The summed E-state index contributed by atoms with van der Waals surface area (Å²) in [4.78, 5) is 11.9. The van der Waals surface area contributed by atoms with Crippen LogP contribution in [0, 0.1) is 5.82 Å². The minimum absolute atomic E-state index is 0.0638. The fraction of sp³-hybridized carbons (Fsp3) is 0.562. The fourth-order valence-corrected chi connectivity index (χ4v) is 1.90. The van der Waals surface area contributed by atoms with Gasteiger partial charge in [0.15, 0.2) is 6.10 Å². The summed E-state index contributed by atoms with van der Waals surface area (Å²) in [6.07, 6.45) is 1.35. The van der Waals surface area contributed by atoms with Crippen molar-refractivity contribution in [2.24, 2.45) is 0 Å². The van der Waals surface area contributed by atoms with Gasteiger partial charge in [-0.25, -0.2) is 4.39 Å². The Hall–Kier alpha value is -1.62. The van der Waals surface area contributed by atoms with Crippen molar-refractivity contribution < 1.29 is 13.9 Å². The second kappa shape index (κ2) is 8.62. The van der Waals surface area contributed by atoms with Crippen LogP contribution in [0.25, 0.3) is 0 Å². The van der Waals surface area contributed by atoms with E-state index in [1.54, 1.807) is 20.0 Å². The largest absolute Gasteiger partial charge is 0.481 e. The Kier molecular flexibility index (Phi) is 7.15. The number of carbonyl (C=O) groups is 1. The Labute approximate surface area is 126 Å². The SMILES string of the molecule is CCCCNC(=O)C(C)Oc1ccc(F)cc1C(C)NC. The molecular formula is C16H25FN2O2. The summed E-state index contributed by atoms with van der Waals surface area (Å²) < 4.78 is 19.1. The monoisotopic (exact) mass is 296 g/mol. The number of hydrogen-bond acceptors (Lipinski definition) is 3. The van der Waals surface area contributed by atoms with Crippen LogP contribution in [0.15, 0.2) is 18.2 Å². The lowest BCUT2D eigenvalue weighted by Gasteiger charge is -2.20. The van der Waals surface area contributed by atoms with E-state index in [1.165, 1.54) is 12.1 Å². The van der Waals surface area contributed by atoms with Gasteiger partial charge < -0.3 is 15.4 Å². The van der Waals surface area contributed by atoms with E-state index in [-0.39, 0.29) is 17.8 Å². The van der Waals surface area contributed by atoms with Gasteiger partial charge in [0.05, 0.1) is 0 Å². The first-order chi connectivity index (χ1) is 9.99. The third-order valence-corrected chi connectivity index (χ3v) is 3.37. The van der Waals surface area contributed by atoms with Gasteiger partial charge >= 0.3 is 0 Å². The van der Waals surface area contributed by atoms with Crippen LogP contribution >= 0.6 is 0 Å². The zero-order valence-corrected chi connectivity index (χ0v) is 13.2. The molecule has 1 aromatic carbocycles. The van der Waals surface area contributed by atoms with Crippen molar-refractivity contribution in [3.05, 3.63) is 29.6 Å². The number of unbranched alkanes of at least 4 members (excludes halogenated alkanes) is 1. The lowest BCUT2D eigenvalue weighted by Crippen LogP contribution is -2.37. The molecule has 0 bridgehead atoms. The van der Waals surface area contributed by atoms with Crippen molar-refractivity contribution in [3.8, 4) is 5.75 Å². The summed E-state index contributed by atoms with van der Waals surface area (Å²) in [5.41, 5.74) is 0.700. The predicted molar refractivity (Wildman–Crippen MR) is 81.9 cm³/mol. The van der Waals surface area contributed by atoms with Crippen molar-refractivity contribution in [1.29, 1.82) is 0 Å². The zero-order chi connectivity index (χ0) is 15.8. The molecule has 2 unspecified atom stereocenters. The molecular weight excluding hydrogens is 271 g/mol. The van der Waals surface area contributed by atoms with Crippen LogP contribution in [0.3, 0.4) is 0 Å². The molecule has 0 heterocycles. The minimum atomic E-state index is -0.616. The van der Waals surface area contributed by atoms with Gasteiger partial charge in [0.1, 0.15) is 11.6 Å². The molecule has 2 atom stereocenters. The molecule has 0 fully saturated rings. The Bertz CT molecular complexity index is 466. The van der Waals surface area contributed by atoms with Crippen LogP contribution < -0.4 is 15.4 Å². The maximum absolute atomic E-state index is 13.4. The molecule has 0 aliphatic rings. The second-order valence-corrected chi connectivity index (χ2v) is 5.10. The number of hydrogen-bond donors (Lipinski definition) is 2. The Morgan fingerprint density at radius 1 is 1.38 bits per heavy atom. The quantitative estimate of drug-likeness (QED) is 0.725. The number of rotatable bonds is 8. The van der Waals surface area contributed by atoms with Gasteiger partial charge in [0.25, 0.3) is 5.91 Å². The summed E-state index contributed by atoms with van der Waals surface area (Å²) in [6, 6.07) is 4.26. The molecule has 0 aliphatic carbocycles. The van der Waals surface area contributed by atoms with Crippen molar-refractivity contribution in [2.75, 3.05) is 13.6 Å². The molecule has 4 nitrogen and oxygen atoms in total. The number of benzene rings is 1. The second-order valence-electron chi connectivity index (χ2n) is 5.10. The van der Waals surface area contributed by atoms with Crippen LogP contribution in [0.2, 0.25) is 0 Å². The Morgan fingerprint density at radius 3 is 2.71 bits per heavy atom. The molecule has 118 valence electrons. The normalized spacial score (nSPS) is 13.6. The summed E-state index contributed by atoms with van der Waals surface area (Å²) in [6.45, 7) is 6.31. The maximum atomic E-state index is 13.4. The van der Waals surface area contributed by atoms with Crippen LogP contribution in [-0.2, 0) is 4.79 Å². The molecule has 0 aliphatic heterocycles. The van der Waals surface area contributed by atoms with E-state index in [9.17, 15) is 9.18 Å². The average Bonchev–Trinajstić information content (AvgIpc) is 2.48. The summed E-state index contributed by atoms with van der Waals surface area (Å²) >= 11 is 0. The molecule has 1 amide bonds. The van der Waals surface area contributed by atoms with E-state index >= 15 is 0 Å². The summed E-state index contributed by atoms with van der Waals surface area (Å²) in [5, 5.41) is 5.87. The Balaban J connectivity index is 2.75. The molecule has 1 rings (SSSR count).